The Balaban J connectivity index is 1.83. The Morgan fingerprint density at radius 2 is 1.77 bits per heavy atom. The fourth-order valence-corrected chi connectivity index (χ4v) is 2.21. The van der Waals surface area contributed by atoms with Gasteiger partial charge < -0.3 is 14.8 Å². The molecule has 0 saturated carbocycles. The second-order valence-corrected chi connectivity index (χ2v) is 5.10. The van der Waals surface area contributed by atoms with E-state index in [-0.39, 0.29) is 17.4 Å². The number of ether oxygens (including phenoxy) is 2. The summed E-state index contributed by atoms with van der Waals surface area (Å²) in [6.45, 7) is 3.72. The molecule has 3 rings (SSSR count). The molecule has 0 unspecified atom stereocenters. The first kappa shape index (κ1) is 14.3. The van der Waals surface area contributed by atoms with Crippen molar-refractivity contribution in [2.24, 2.45) is 0 Å². The quantitative estimate of drug-likeness (QED) is 0.916. The number of aryl methyl sites for hydroxylation is 2. The van der Waals surface area contributed by atoms with Gasteiger partial charge >= 0.3 is 6.29 Å². The van der Waals surface area contributed by atoms with Gasteiger partial charge in [0.2, 0.25) is 0 Å². The summed E-state index contributed by atoms with van der Waals surface area (Å²) < 4.78 is 34.6. The van der Waals surface area contributed by atoms with Crippen molar-refractivity contribution in [2.45, 2.75) is 20.1 Å². The lowest BCUT2D eigenvalue weighted by Crippen LogP contribution is -2.25. The summed E-state index contributed by atoms with van der Waals surface area (Å²) in [5.74, 6) is -0.481. The van der Waals surface area contributed by atoms with Crippen LogP contribution in [-0.4, -0.2) is 12.2 Å². The predicted octanol–water partition coefficient (Wildman–Crippen LogP) is 3.88. The van der Waals surface area contributed by atoms with Crippen LogP contribution in [-0.2, 0) is 0 Å². The van der Waals surface area contributed by atoms with Crippen LogP contribution in [0.1, 0.15) is 21.5 Å². The second kappa shape index (κ2) is 4.98. The van der Waals surface area contributed by atoms with Gasteiger partial charge in [-0.05, 0) is 37.6 Å². The topological polar surface area (TPSA) is 47.6 Å². The van der Waals surface area contributed by atoms with E-state index in [0.29, 0.717) is 11.3 Å². The van der Waals surface area contributed by atoms with E-state index in [4.69, 9.17) is 0 Å². The zero-order chi connectivity index (χ0) is 15.9. The molecule has 2 aromatic carbocycles. The van der Waals surface area contributed by atoms with Crippen molar-refractivity contribution in [1.29, 1.82) is 0 Å². The average Bonchev–Trinajstić information content (AvgIpc) is 2.74. The number of nitrogens with one attached hydrogen (secondary N) is 1. The first-order valence-electron chi connectivity index (χ1n) is 6.62. The number of hydrogen-bond donors (Lipinski definition) is 1. The van der Waals surface area contributed by atoms with Crippen molar-refractivity contribution in [3.8, 4) is 11.5 Å². The van der Waals surface area contributed by atoms with Crippen LogP contribution in [0, 0.1) is 13.8 Å². The van der Waals surface area contributed by atoms with Crippen LogP contribution in [0.25, 0.3) is 0 Å². The van der Waals surface area contributed by atoms with E-state index in [2.05, 4.69) is 14.8 Å². The van der Waals surface area contributed by atoms with Crippen molar-refractivity contribution >= 4 is 11.6 Å². The molecule has 1 heterocycles. The molecule has 2 aromatic rings. The maximum Gasteiger partial charge on any atom is 0.586 e. The molecule has 0 bridgehead atoms. The number of anilines is 1. The summed E-state index contributed by atoms with van der Waals surface area (Å²) in [6.07, 6.45) is -3.67. The zero-order valence-electron chi connectivity index (χ0n) is 11.9. The highest BCUT2D eigenvalue weighted by molar-refractivity contribution is 6.05. The molecule has 114 valence electrons. The van der Waals surface area contributed by atoms with Gasteiger partial charge in [0.05, 0.1) is 0 Å². The number of benzene rings is 2. The maximum absolute atomic E-state index is 13.0. The minimum atomic E-state index is -3.67. The van der Waals surface area contributed by atoms with E-state index in [1.165, 1.54) is 18.2 Å². The summed E-state index contributed by atoms with van der Waals surface area (Å²) in [7, 11) is 0. The van der Waals surface area contributed by atoms with Gasteiger partial charge in [-0.3, -0.25) is 4.79 Å². The number of amides is 1. The third-order valence-corrected chi connectivity index (χ3v) is 3.30. The summed E-state index contributed by atoms with van der Waals surface area (Å²) in [5, 5.41) is 2.66. The molecule has 0 fully saturated rings. The van der Waals surface area contributed by atoms with E-state index < -0.39 is 6.29 Å². The van der Waals surface area contributed by atoms with E-state index >= 15 is 0 Å². The van der Waals surface area contributed by atoms with Crippen LogP contribution in [0.3, 0.4) is 0 Å². The molecule has 0 saturated heterocycles. The lowest BCUT2D eigenvalue weighted by Gasteiger charge is -2.09. The van der Waals surface area contributed by atoms with Crippen molar-refractivity contribution < 1.29 is 23.0 Å². The summed E-state index contributed by atoms with van der Waals surface area (Å²) in [5.41, 5.74) is 2.67. The summed E-state index contributed by atoms with van der Waals surface area (Å²) in [4.78, 5) is 12.3. The van der Waals surface area contributed by atoms with Gasteiger partial charge in [0.1, 0.15) is 0 Å². The Labute approximate surface area is 125 Å². The fraction of sp³-hybridized carbons (Fsp3) is 0.188. The highest BCUT2D eigenvalue weighted by atomic mass is 19.3. The number of alkyl halides is 2. The Bertz CT molecular complexity index is 759. The van der Waals surface area contributed by atoms with Crippen molar-refractivity contribution in [2.75, 3.05) is 5.32 Å². The van der Waals surface area contributed by atoms with Crippen LogP contribution in [0.4, 0.5) is 14.5 Å². The van der Waals surface area contributed by atoms with Crippen LogP contribution >= 0.6 is 0 Å². The molecule has 1 aliphatic heterocycles. The SMILES string of the molecule is Cc1ccc(C)c(C(=O)Nc2ccc3c(c2)OC(F)(F)O3)c1. The Hall–Kier alpha value is -2.63. The number of carbonyl (C=O) groups excluding carboxylic acids is 1. The van der Waals surface area contributed by atoms with Gasteiger partial charge in [-0.25, -0.2) is 0 Å². The van der Waals surface area contributed by atoms with Gasteiger partial charge in [0, 0.05) is 17.3 Å². The molecule has 4 nitrogen and oxygen atoms in total. The van der Waals surface area contributed by atoms with Gasteiger partial charge in [-0.15, -0.1) is 8.78 Å². The number of carbonyl (C=O) groups is 1. The fourth-order valence-electron chi connectivity index (χ4n) is 2.21. The Kier molecular flexibility index (Phi) is 3.24. The lowest BCUT2D eigenvalue weighted by molar-refractivity contribution is -0.286. The van der Waals surface area contributed by atoms with E-state index in [1.807, 2.05) is 26.0 Å². The van der Waals surface area contributed by atoms with E-state index in [9.17, 15) is 13.6 Å². The maximum atomic E-state index is 13.0. The molecular formula is C16H13F2NO3. The Morgan fingerprint density at radius 3 is 2.55 bits per heavy atom. The molecule has 6 heteroatoms. The molecule has 1 N–H and O–H groups in total. The minimum Gasteiger partial charge on any atom is -0.395 e. The van der Waals surface area contributed by atoms with Crippen LogP contribution < -0.4 is 14.8 Å². The lowest BCUT2D eigenvalue weighted by atomic mass is 10.0. The standard InChI is InChI=1S/C16H13F2NO3/c1-9-3-4-10(2)12(7-9)15(20)19-11-5-6-13-14(8-11)22-16(17,18)21-13/h3-8H,1-2H3,(H,19,20). The van der Waals surface area contributed by atoms with Crippen molar-refractivity contribution in [1.82, 2.24) is 0 Å². The average molecular weight is 305 g/mol. The smallest absolute Gasteiger partial charge is 0.395 e. The van der Waals surface area contributed by atoms with Crippen LogP contribution in [0.2, 0.25) is 0 Å². The van der Waals surface area contributed by atoms with Gasteiger partial charge in [-0.2, -0.15) is 0 Å². The van der Waals surface area contributed by atoms with Crippen molar-refractivity contribution in [3.05, 3.63) is 53.1 Å². The zero-order valence-corrected chi connectivity index (χ0v) is 11.9. The van der Waals surface area contributed by atoms with E-state index in [0.717, 1.165) is 11.1 Å². The third-order valence-electron chi connectivity index (χ3n) is 3.30. The molecule has 0 aliphatic carbocycles. The highest BCUT2D eigenvalue weighted by Crippen LogP contribution is 2.42. The largest absolute Gasteiger partial charge is 0.586 e. The van der Waals surface area contributed by atoms with Crippen molar-refractivity contribution in [3.63, 3.8) is 0 Å². The number of fused-ring (bicyclic) bond motifs is 1. The molecule has 1 amide bonds. The highest BCUT2D eigenvalue weighted by Gasteiger charge is 2.43. The molecule has 22 heavy (non-hydrogen) atoms. The second-order valence-electron chi connectivity index (χ2n) is 5.10. The number of halogens is 2. The summed E-state index contributed by atoms with van der Waals surface area (Å²) in [6, 6.07) is 9.64. The van der Waals surface area contributed by atoms with Gasteiger partial charge in [-0.1, -0.05) is 17.7 Å². The van der Waals surface area contributed by atoms with Gasteiger partial charge in [0.15, 0.2) is 11.5 Å². The monoisotopic (exact) mass is 305 g/mol. The summed E-state index contributed by atoms with van der Waals surface area (Å²) >= 11 is 0. The minimum absolute atomic E-state index is 0.0604. The Morgan fingerprint density at radius 1 is 1.05 bits per heavy atom. The first-order valence-corrected chi connectivity index (χ1v) is 6.62. The van der Waals surface area contributed by atoms with Crippen LogP contribution in [0.5, 0.6) is 11.5 Å². The first-order chi connectivity index (χ1) is 10.3. The van der Waals surface area contributed by atoms with Crippen LogP contribution in [0.15, 0.2) is 36.4 Å². The molecular weight excluding hydrogens is 292 g/mol. The molecule has 0 spiro atoms. The molecule has 0 aromatic heterocycles. The molecule has 0 atom stereocenters. The third kappa shape index (κ3) is 2.72. The predicted molar refractivity (Wildman–Crippen MR) is 76.5 cm³/mol. The number of rotatable bonds is 2. The van der Waals surface area contributed by atoms with E-state index in [1.54, 1.807) is 6.07 Å². The number of hydrogen-bond acceptors (Lipinski definition) is 3. The van der Waals surface area contributed by atoms with Gasteiger partial charge in [0.25, 0.3) is 5.91 Å². The normalized spacial score (nSPS) is 14.7. The molecule has 0 radical (unpaired) electrons. The molecule has 1 aliphatic rings.